The molecular weight excluding hydrogens is 194 g/mol. The van der Waals surface area contributed by atoms with Gasteiger partial charge in [0.1, 0.15) is 0 Å². The molecule has 0 bridgehead atoms. The Kier molecular flexibility index (Phi) is 6.49. The molecule has 0 aromatic rings. The second-order valence-corrected chi connectivity index (χ2v) is 3.40. The van der Waals surface area contributed by atoms with Crippen molar-refractivity contribution in [1.82, 2.24) is 4.90 Å². The highest BCUT2D eigenvalue weighted by Crippen LogP contribution is 2.08. The van der Waals surface area contributed by atoms with E-state index in [1.807, 2.05) is 20.8 Å². The highest BCUT2D eigenvalue weighted by atomic mass is 16.4. The minimum Gasteiger partial charge on any atom is -0.409 e. The van der Waals surface area contributed by atoms with Crippen LogP contribution in [0.5, 0.6) is 0 Å². The molecular formula is C10H21N3O2. The molecule has 1 unspecified atom stereocenters. The first kappa shape index (κ1) is 13.7. The molecule has 5 heteroatoms. The van der Waals surface area contributed by atoms with Gasteiger partial charge >= 0.3 is 0 Å². The molecule has 0 radical (unpaired) electrons. The summed E-state index contributed by atoms with van der Waals surface area (Å²) in [5.41, 5.74) is 5.47. The van der Waals surface area contributed by atoms with Crippen molar-refractivity contribution in [2.24, 2.45) is 16.8 Å². The van der Waals surface area contributed by atoms with E-state index in [9.17, 15) is 4.79 Å². The van der Waals surface area contributed by atoms with Crippen LogP contribution in [0, 0.1) is 5.92 Å². The zero-order valence-corrected chi connectivity index (χ0v) is 9.73. The van der Waals surface area contributed by atoms with Crippen LogP contribution in [0.15, 0.2) is 5.16 Å². The van der Waals surface area contributed by atoms with Crippen molar-refractivity contribution < 1.29 is 10.0 Å². The van der Waals surface area contributed by atoms with E-state index in [0.29, 0.717) is 19.5 Å². The standard InChI is InChI=1S/C10H21N3O2/c1-4-7-13(6-3)10(14)8(5-2)9(11)12-15/h8,15H,4-7H2,1-3H3,(H2,11,12). The fourth-order valence-corrected chi connectivity index (χ4v) is 1.49. The van der Waals surface area contributed by atoms with E-state index in [0.717, 1.165) is 6.42 Å². The monoisotopic (exact) mass is 215 g/mol. The molecule has 0 rings (SSSR count). The Labute approximate surface area is 90.9 Å². The van der Waals surface area contributed by atoms with Gasteiger partial charge in [0.25, 0.3) is 0 Å². The quantitative estimate of drug-likeness (QED) is 0.300. The average Bonchev–Trinajstić information content (AvgIpc) is 2.26. The van der Waals surface area contributed by atoms with Gasteiger partial charge < -0.3 is 15.8 Å². The molecule has 88 valence electrons. The third kappa shape index (κ3) is 3.77. The molecule has 0 aliphatic heterocycles. The zero-order chi connectivity index (χ0) is 11.8. The molecule has 1 atom stereocenters. The van der Waals surface area contributed by atoms with Gasteiger partial charge in [0.2, 0.25) is 5.91 Å². The summed E-state index contributed by atoms with van der Waals surface area (Å²) < 4.78 is 0. The van der Waals surface area contributed by atoms with Crippen molar-refractivity contribution in [1.29, 1.82) is 0 Å². The summed E-state index contributed by atoms with van der Waals surface area (Å²) in [7, 11) is 0. The lowest BCUT2D eigenvalue weighted by atomic mass is 10.0. The Balaban J connectivity index is 4.61. The number of amidine groups is 1. The Bertz CT molecular complexity index is 229. The smallest absolute Gasteiger partial charge is 0.233 e. The Morgan fingerprint density at radius 1 is 1.47 bits per heavy atom. The molecule has 0 heterocycles. The van der Waals surface area contributed by atoms with Crippen molar-refractivity contribution in [2.75, 3.05) is 13.1 Å². The van der Waals surface area contributed by atoms with Crippen LogP contribution in [0.3, 0.4) is 0 Å². The van der Waals surface area contributed by atoms with Gasteiger partial charge in [-0.25, -0.2) is 0 Å². The minimum atomic E-state index is -0.499. The van der Waals surface area contributed by atoms with Crippen molar-refractivity contribution in [3.8, 4) is 0 Å². The van der Waals surface area contributed by atoms with E-state index < -0.39 is 5.92 Å². The van der Waals surface area contributed by atoms with Gasteiger partial charge in [-0.05, 0) is 19.8 Å². The van der Waals surface area contributed by atoms with E-state index >= 15 is 0 Å². The van der Waals surface area contributed by atoms with E-state index in [-0.39, 0.29) is 11.7 Å². The number of hydrogen-bond donors (Lipinski definition) is 2. The van der Waals surface area contributed by atoms with Gasteiger partial charge in [0, 0.05) is 13.1 Å². The van der Waals surface area contributed by atoms with Gasteiger partial charge in [-0.1, -0.05) is 19.0 Å². The normalized spacial score (nSPS) is 13.7. The van der Waals surface area contributed by atoms with E-state index in [2.05, 4.69) is 5.16 Å². The fourth-order valence-electron chi connectivity index (χ4n) is 1.49. The highest BCUT2D eigenvalue weighted by molar-refractivity contribution is 6.01. The van der Waals surface area contributed by atoms with Crippen LogP contribution in [-0.4, -0.2) is 34.9 Å². The van der Waals surface area contributed by atoms with E-state index in [4.69, 9.17) is 10.9 Å². The summed E-state index contributed by atoms with van der Waals surface area (Å²) in [5, 5.41) is 11.5. The molecule has 0 saturated heterocycles. The van der Waals surface area contributed by atoms with Crippen LogP contribution < -0.4 is 5.73 Å². The number of nitrogens with zero attached hydrogens (tertiary/aromatic N) is 2. The Morgan fingerprint density at radius 3 is 2.40 bits per heavy atom. The molecule has 1 amide bonds. The van der Waals surface area contributed by atoms with Gasteiger partial charge in [-0.15, -0.1) is 0 Å². The SMILES string of the molecule is CCCN(CC)C(=O)C(CC)C(N)=NO. The largest absolute Gasteiger partial charge is 0.409 e. The predicted molar refractivity (Wildman–Crippen MR) is 59.7 cm³/mol. The van der Waals surface area contributed by atoms with Crippen molar-refractivity contribution >= 4 is 11.7 Å². The summed E-state index contributed by atoms with van der Waals surface area (Å²) in [5.74, 6) is -0.560. The summed E-state index contributed by atoms with van der Waals surface area (Å²) in [6.07, 6.45) is 1.46. The number of rotatable bonds is 6. The third-order valence-corrected chi connectivity index (χ3v) is 2.37. The van der Waals surface area contributed by atoms with E-state index in [1.54, 1.807) is 4.90 Å². The molecule has 0 spiro atoms. The maximum atomic E-state index is 11.9. The lowest BCUT2D eigenvalue weighted by Crippen LogP contribution is -2.42. The predicted octanol–water partition coefficient (Wildman–Crippen LogP) is 1.02. The minimum absolute atomic E-state index is 0.00273. The number of oxime groups is 1. The first-order valence-corrected chi connectivity index (χ1v) is 5.38. The second kappa shape index (κ2) is 7.09. The van der Waals surface area contributed by atoms with Crippen LogP contribution in [0.2, 0.25) is 0 Å². The zero-order valence-electron chi connectivity index (χ0n) is 9.73. The molecule has 5 nitrogen and oxygen atoms in total. The molecule has 0 saturated carbocycles. The van der Waals surface area contributed by atoms with Crippen LogP contribution in [0.25, 0.3) is 0 Å². The molecule has 0 aromatic carbocycles. The first-order chi connectivity index (χ1) is 7.12. The maximum Gasteiger partial charge on any atom is 0.233 e. The summed E-state index contributed by atoms with van der Waals surface area (Å²) in [6.45, 7) is 7.15. The van der Waals surface area contributed by atoms with Crippen LogP contribution >= 0.6 is 0 Å². The van der Waals surface area contributed by atoms with Gasteiger partial charge in [-0.3, -0.25) is 4.79 Å². The summed E-state index contributed by atoms with van der Waals surface area (Å²) in [4.78, 5) is 13.7. The number of amides is 1. The topological polar surface area (TPSA) is 78.9 Å². The van der Waals surface area contributed by atoms with Gasteiger partial charge in [0.05, 0.1) is 5.92 Å². The first-order valence-electron chi connectivity index (χ1n) is 5.38. The molecule has 0 aliphatic rings. The lowest BCUT2D eigenvalue weighted by molar-refractivity contribution is -0.133. The van der Waals surface area contributed by atoms with E-state index in [1.165, 1.54) is 0 Å². The molecule has 3 N–H and O–H groups in total. The van der Waals surface area contributed by atoms with Crippen molar-refractivity contribution in [3.05, 3.63) is 0 Å². The fraction of sp³-hybridized carbons (Fsp3) is 0.800. The lowest BCUT2D eigenvalue weighted by Gasteiger charge is -2.24. The maximum absolute atomic E-state index is 11.9. The highest BCUT2D eigenvalue weighted by Gasteiger charge is 2.25. The molecule has 15 heavy (non-hydrogen) atoms. The molecule has 0 fully saturated rings. The second-order valence-electron chi connectivity index (χ2n) is 3.40. The Hall–Kier alpha value is -1.26. The van der Waals surface area contributed by atoms with Gasteiger partial charge in [-0.2, -0.15) is 0 Å². The molecule has 0 aromatic heterocycles. The average molecular weight is 215 g/mol. The summed E-state index contributed by atoms with van der Waals surface area (Å²) >= 11 is 0. The molecule has 0 aliphatic carbocycles. The van der Waals surface area contributed by atoms with Crippen LogP contribution in [-0.2, 0) is 4.79 Å². The van der Waals surface area contributed by atoms with Gasteiger partial charge in [0.15, 0.2) is 5.84 Å². The number of hydrogen-bond acceptors (Lipinski definition) is 3. The summed E-state index contributed by atoms with van der Waals surface area (Å²) in [6, 6.07) is 0. The number of nitrogens with two attached hydrogens (primary N) is 1. The number of carbonyl (C=O) groups is 1. The van der Waals surface area contributed by atoms with Crippen LogP contribution in [0.1, 0.15) is 33.6 Å². The third-order valence-electron chi connectivity index (χ3n) is 2.37. The van der Waals surface area contributed by atoms with Crippen LogP contribution in [0.4, 0.5) is 0 Å². The van der Waals surface area contributed by atoms with Crippen molar-refractivity contribution in [3.63, 3.8) is 0 Å². The number of carbonyl (C=O) groups excluding carboxylic acids is 1. The Morgan fingerprint density at radius 2 is 2.07 bits per heavy atom. The van der Waals surface area contributed by atoms with Crippen molar-refractivity contribution in [2.45, 2.75) is 33.6 Å².